The third kappa shape index (κ3) is 4.18. The van der Waals surface area contributed by atoms with Crippen molar-refractivity contribution in [2.24, 2.45) is 5.73 Å². The molecule has 1 rings (SSSR count). The molecule has 0 aliphatic rings. The van der Waals surface area contributed by atoms with Gasteiger partial charge in [0, 0.05) is 32.8 Å². The smallest absolute Gasteiger partial charge is 0.256 e. The van der Waals surface area contributed by atoms with E-state index >= 15 is 0 Å². The molecule has 19 heavy (non-hydrogen) atoms. The second-order valence-corrected chi connectivity index (χ2v) is 4.25. The van der Waals surface area contributed by atoms with Crippen LogP contribution < -0.4 is 10.5 Å². The minimum Gasteiger partial charge on any atom is -0.497 e. The van der Waals surface area contributed by atoms with Crippen LogP contribution in [0.5, 0.6) is 5.75 Å². The number of carbonyl (C=O) groups is 1. The quantitative estimate of drug-likeness (QED) is 0.833. The van der Waals surface area contributed by atoms with Gasteiger partial charge in [0.2, 0.25) is 0 Å². The number of nitrogens with two attached hydrogens (primary N) is 1. The first-order valence-electron chi connectivity index (χ1n) is 5.83. The Morgan fingerprint density at radius 2 is 2.16 bits per heavy atom. The number of nitrogens with zero attached hydrogens (tertiary/aromatic N) is 1. The molecule has 1 unspecified atom stereocenters. The number of hydrogen-bond acceptors (Lipinski definition) is 4. The molecule has 5 nitrogen and oxygen atoms in total. The van der Waals surface area contributed by atoms with Crippen molar-refractivity contribution in [1.29, 1.82) is 0 Å². The van der Waals surface area contributed by atoms with Gasteiger partial charge in [-0.1, -0.05) is 0 Å². The molecule has 1 amide bonds. The summed E-state index contributed by atoms with van der Waals surface area (Å²) in [4.78, 5) is 13.4. The van der Waals surface area contributed by atoms with Gasteiger partial charge in [-0.3, -0.25) is 4.79 Å². The van der Waals surface area contributed by atoms with Crippen molar-refractivity contribution in [3.05, 3.63) is 29.6 Å². The zero-order chi connectivity index (χ0) is 14.4. The van der Waals surface area contributed by atoms with Crippen molar-refractivity contribution < 1.29 is 18.7 Å². The Kier molecular flexibility index (Phi) is 5.72. The van der Waals surface area contributed by atoms with E-state index in [0.717, 1.165) is 0 Å². The normalized spacial score (nSPS) is 12.1. The summed E-state index contributed by atoms with van der Waals surface area (Å²) in [5.74, 6) is -0.670. The topological polar surface area (TPSA) is 64.8 Å². The summed E-state index contributed by atoms with van der Waals surface area (Å²) in [5.41, 5.74) is 5.75. The molecule has 0 aliphatic heterocycles. The van der Waals surface area contributed by atoms with Crippen LogP contribution in [-0.2, 0) is 4.74 Å². The number of methoxy groups -OCH3 is 2. The van der Waals surface area contributed by atoms with Gasteiger partial charge in [-0.15, -0.1) is 0 Å². The molecule has 0 radical (unpaired) electrons. The Morgan fingerprint density at radius 1 is 1.47 bits per heavy atom. The first-order valence-corrected chi connectivity index (χ1v) is 5.83. The van der Waals surface area contributed by atoms with Crippen molar-refractivity contribution in [2.75, 3.05) is 34.4 Å². The van der Waals surface area contributed by atoms with E-state index in [1.54, 1.807) is 13.1 Å². The van der Waals surface area contributed by atoms with Crippen LogP contribution in [0, 0.1) is 5.82 Å². The number of likely N-dealkylation sites (N-methyl/N-ethyl adjacent to an activating group) is 1. The number of ether oxygens (including phenoxy) is 2. The molecule has 0 fully saturated rings. The molecule has 1 aromatic carbocycles. The van der Waals surface area contributed by atoms with Crippen LogP contribution in [0.25, 0.3) is 0 Å². The average molecular weight is 270 g/mol. The number of hydrogen-bond donors (Lipinski definition) is 1. The molecular weight excluding hydrogens is 251 g/mol. The molecule has 1 aromatic rings. The number of rotatable bonds is 6. The summed E-state index contributed by atoms with van der Waals surface area (Å²) in [6.45, 7) is 0.626. The number of amides is 1. The molecule has 0 saturated carbocycles. The maximum absolute atomic E-state index is 13.7. The predicted octanol–water partition coefficient (Wildman–Crippen LogP) is 0.880. The summed E-state index contributed by atoms with van der Waals surface area (Å²) in [6, 6.07) is 3.81. The van der Waals surface area contributed by atoms with Crippen molar-refractivity contribution >= 4 is 5.91 Å². The standard InChI is InChI=1S/C13H19FN2O3/c1-16(7-9(15)8-18-2)13(17)11-5-4-10(19-3)6-12(11)14/h4-6,9H,7-8,15H2,1-3H3. The monoisotopic (exact) mass is 270 g/mol. The van der Waals surface area contributed by atoms with Gasteiger partial charge in [0.25, 0.3) is 5.91 Å². The Balaban J connectivity index is 2.76. The molecule has 0 saturated heterocycles. The summed E-state index contributed by atoms with van der Waals surface area (Å²) in [7, 11) is 4.54. The van der Waals surface area contributed by atoms with Crippen LogP contribution in [0.3, 0.4) is 0 Å². The van der Waals surface area contributed by atoms with Gasteiger partial charge >= 0.3 is 0 Å². The van der Waals surface area contributed by atoms with Gasteiger partial charge in [-0.2, -0.15) is 0 Å². The van der Waals surface area contributed by atoms with Crippen molar-refractivity contribution in [1.82, 2.24) is 4.90 Å². The van der Waals surface area contributed by atoms with Crippen molar-refractivity contribution in [3.8, 4) is 5.75 Å². The molecule has 6 heteroatoms. The lowest BCUT2D eigenvalue weighted by Crippen LogP contribution is -2.41. The largest absolute Gasteiger partial charge is 0.497 e. The Hall–Kier alpha value is -1.66. The van der Waals surface area contributed by atoms with Crippen LogP contribution in [0.4, 0.5) is 4.39 Å². The maximum Gasteiger partial charge on any atom is 0.256 e. The number of carbonyl (C=O) groups excluding carboxylic acids is 1. The number of benzene rings is 1. The molecule has 0 aromatic heterocycles. The second-order valence-electron chi connectivity index (χ2n) is 4.25. The van der Waals surface area contributed by atoms with E-state index in [1.165, 1.54) is 31.3 Å². The molecule has 0 aliphatic carbocycles. The molecule has 0 bridgehead atoms. The average Bonchev–Trinajstić information content (AvgIpc) is 2.37. The van der Waals surface area contributed by atoms with Gasteiger partial charge in [0.15, 0.2) is 0 Å². The van der Waals surface area contributed by atoms with Gasteiger partial charge in [-0.05, 0) is 12.1 Å². The third-order valence-corrected chi connectivity index (χ3v) is 2.64. The minimum atomic E-state index is -0.614. The van der Waals surface area contributed by atoms with Gasteiger partial charge in [0.1, 0.15) is 11.6 Å². The highest BCUT2D eigenvalue weighted by Crippen LogP contribution is 2.17. The van der Waals surface area contributed by atoms with Crippen LogP contribution in [0.2, 0.25) is 0 Å². The van der Waals surface area contributed by atoms with E-state index in [0.29, 0.717) is 12.4 Å². The van der Waals surface area contributed by atoms with Crippen LogP contribution >= 0.6 is 0 Å². The Morgan fingerprint density at radius 3 is 2.68 bits per heavy atom. The lowest BCUT2D eigenvalue weighted by molar-refractivity contribution is 0.0760. The van der Waals surface area contributed by atoms with Crippen molar-refractivity contribution in [3.63, 3.8) is 0 Å². The molecule has 0 heterocycles. The first kappa shape index (κ1) is 15.4. The van der Waals surface area contributed by atoms with E-state index in [2.05, 4.69) is 0 Å². The molecule has 2 N–H and O–H groups in total. The van der Waals surface area contributed by atoms with Crippen LogP contribution in [0.15, 0.2) is 18.2 Å². The maximum atomic E-state index is 13.7. The van der Waals surface area contributed by atoms with Gasteiger partial charge in [-0.25, -0.2) is 4.39 Å². The third-order valence-electron chi connectivity index (χ3n) is 2.64. The highest BCUT2D eigenvalue weighted by atomic mass is 19.1. The van der Waals surface area contributed by atoms with E-state index in [-0.39, 0.29) is 18.2 Å². The zero-order valence-electron chi connectivity index (χ0n) is 11.4. The predicted molar refractivity (Wildman–Crippen MR) is 69.8 cm³/mol. The van der Waals surface area contributed by atoms with Gasteiger partial charge < -0.3 is 20.1 Å². The fourth-order valence-electron chi connectivity index (χ4n) is 1.70. The lowest BCUT2D eigenvalue weighted by Gasteiger charge is -2.21. The first-order chi connectivity index (χ1) is 8.99. The fourth-order valence-corrected chi connectivity index (χ4v) is 1.70. The molecule has 0 spiro atoms. The number of halogens is 1. The van der Waals surface area contributed by atoms with Crippen LogP contribution in [-0.4, -0.2) is 51.3 Å². The van der Waals surface area contributed by atoms with Crippen molar-refractivity contribution in [2.45, 2.75) is 6.04 Å². The zero-order valence-corrected chi connectivity index (χ0v) is 11.4. The SMILES string of the molecule is COCC(N)CN(C)C(=O)c1ccc(OC)cc1F. The van der Waals surface area contributed by atoms with E-state index in [9.17, 15) is 9.18 Å². The minimum absolute atomic E-state index is 0.00656. The molecular formula is C13H19FN2O3. The van der Waals surface area contributed by atoms with E-state index < -0.39 is 11.7 Å². The lowest BCUT2D eigenvalue weighted by atomic mass is 10.1. The second kappa shape index (κ2) is 7.06. The highest BCUT2D eigenvalue weighted by molar-refractivity contribution is 5.94. The van der Waals surface area contributed by atoms with Crippen LogP contribution in [0.1, 0.15) is 10.4 Å². The van der Waals surface area contributed by atoms with E-state index in [1.807, 2.05) is 0 Å². The summed E-state index contributed by atoms with van der Waals surface area (Å²) in [5, 5.41) is 0. The summed E-state index contributed by atoms with van der Waals surface area (Å²) < 4.78 is 23.5. The molecule has 1 atom stereocenters. The fraction of sp³-hybridized carbons (Fsp3) is 0.462. The Labute approximate surface area is 112 Å². The summed E-state index contributed by atoms with van der Waals surface area (Å²) >= 11 is 0. The molecule has 106 valence electrons. The summed E-state index contributed by atoms with van der Waals surface area (Å²) in [6.07, 6.45) is 0. The Bertz CT molecular complexity index is 440. The highest BCUT2D eigenvalue weighted by Gasteiger charge is 2.18. The van der Waals surface area contributed by atoms with E-state index in [4.69, 9.17) is 15.2 Å². The van der Waals surface area contributed by atoms with Gasteiger partial charge in [0.05, 0.1) is 19.3 Å².